The van der Waals surface area contributed by atoms with Gasteiger partial charge in [-0.1, -0.05) is 22.0 Å². The van der Waals surface area contributed by atoms with E-state index in [1.54, 1.807) is 17.0 Å². The first kappa shape index (κ1) is 19.6. The van der Waals surface area contributed by atoms with Gasteiger partial charge in [-0.15, -0.1) is 0 Å². The number of benzene rings is 1. The van der Waals surface area contributed by atoms with E-state index in [9.17, 15) is 4.79 Å². The summed E-state index contributed by atoms with van der Waals surface area (Å²) < 4.78 is 14.0. The minimum Gasteiger partial charge on any atom is -0.492 e. The number of esters is 1. The van der Waals surface area contributed by atoms with Crippen molar-refractivity contribution in [2.45, 2.75) is 18.9 Å². The minimum atomic E-state index is -0.296. The van der Waals surface area contributed by atoms with Gasteiger partial charge in [0.25, 0.3) is 0 Å². The van der Waals surface area contributed by atoms with Gasteiger partial charge in [0.2, 0.25) is 0 Å². The Bertz CT molecular complexity index is 782. The number of halogens is 1. The summed E-state index contributed by atoms with van der Waals surface area (Å²) in [6.07, 6.45) is 8.43. The predicted molar refractivity (Wildman–Crippen MR) is 107 cm³/mol. The molecule has 1 aromatic carbocycles. The Morgan fingerprint density at radius 1 is 1.37 bits per heavy atom. The van der Waals surface area contributed by atoms with E-state index in [1.165, 1.54) is 6.08 Å². The molecule has 1 aromatic heterocycles. The second-order valence-electron chi connectivity index (χ2n) is 6.56. The number of aryl methyl sites for hydroxylation is 1. The second kappa shape index (κ2) is 9.71. The quantitative estimate of drug-likeness (QED) is 0.495. The number of hydrogen-bond donors (Lipinski definition) is 0. The molecule has 0 atom stereocenters. The van der Waals surface area contributed by atoms with Crippen LogP contribution in [0.5, 0.6) is 5.75 Å². The van der Waals surface area contributed by atoms with Crippen molar-refractivity contribution >= 4 is 28.0 Å². The smallest absolute Gasteiger partial charge is 0.331 e. The number of hydrogen-bond acceptors (Lipinski definition) is 5. The van der Waals surface area contributed by atoms with Gasteiger partial charge in [-0.25, -0.2) is 4.79 Å². The maximum atomic E-state index is 12.0. The van der Waals surface area contributed by atoms with Crippen molar-refractivity contribution in [3.8, 4) is 5.75 Å². The summed E-state index contributed by atoms with van der Waals surface area (Å²) in [6.45, 7) is 3.33. The van der Waals surface area contributed by atoms with E-state index < -0.39 is 0 Å². The van der Waals surface area contributed by atoms with Gasteiger partial charge in [-0.05, 0) is 37.1 Å². The summed E-state index contributed by atoms with van der Waals surface area (Å²) in [7, 11) is 1.84. The fourth-order valence-corrected chi connectivity index (χ4v) is 3.37. The van der Waals surface area contributed by atoms with Crippen LogP contribution in [0.3, 0.4) is 0 Å². The van der Waals surface area contributed by atoms with E-state index in [2.05, 4.69) is 25.9 Å². The molecule has 0 saturated carbocycles. The van der Waals surface area contributed by atoms with Crippen LogP contribution in [-0.4, -0.2) is 53.0 Å². The molecule has 0 bridgehead atoms. The zero-order valence-corrected chi connectivity index (χ0v) is 17.0. The Balaban J connectivity index is 1.33. The van der Waals surface area contributed by atoms with Crippen molar-refractivity contribution in [3.05, 3.63) is 52.8 Å². The van der Waals surface area contributed by atoms with Crippen LogP contribution in [-0.2, 0) is 16.6 Å². The largest absolute Gasteiger partial charge is 0.492 e. The first-order valence-corrected chi connectivity index (χ1v) is 9.86. The van der Waals surface area contributed by atoms with Gasteiger partial charge >= 0.3 is 5.97 Å². The Morgan fingerprint density at radius 2 is 2.19 bits per heavy atom. The topological polar surface area (TPSA) is 56.6 Å². The highest BCUT2D eigenvalue weighted by Crippen LogP contribution is 2.18. The monoisotopic (exact) mass is 433 g/mol. The summed E-state index contributed by atoms with van der Waals surface area (Å²) in [5, 5.41) is 4.06. The normalized spacial score (nSPS) is 15.9. The Labute approximate surface area is 167 Å². The number of likely N-dealkylation sites (tertiary alicyclic amines) is 1. The van der Waals surface area contributed by atoms with Crippen LogP contribution in [0.2, 0.25) is 0 Å². The highest BCUT2D eigenvalue weighted by atomic mass is 79.9. The van der Waals surface area contributed by atoms with Crippen LogP contribution in [0.1, 0.15) is 18.4 Å². The molecule has 6 nitrogen and oxygen atoms in total. The van der Waals surface area contributed by atoms with Gasteiger partial charge < -0.3 is 9.47 Å². The van der Waals surface area contributed by atoms with Crippen molar-refractivity contribution in [2.75, 3.05) is 26.2 Å². The lowest BCUT2D eigenvalue weighted by Gasteiger charge is -2.31. The summed E-state index contributed by atoms with van der Waals surface area (Å²) in [4.78, 5) is 14.3. The molecule has 1 saturated heterocycles. The molecule has 2 aromatic rings. The number of carbonyl (C=O) groups is 1. The molecule has 7 heteroatoms. The molecule has 3 rings (SSSR count). The first-order chi connectivity index (χ1) is 13.1. The average Bonchev–Trinajstić information content (AvgIpc) is 3.07. The summed E-state index contributed by atoms with van der Waals surface area (Å²) >= 11 is 3.44. The third-order valence-electron chi connectivity index (χ3n) is 4.43. The minimum absolute atomic E-state index is 0.0155. The predicted octanol–water partition coefficient (Wildman–Crippen LogP) is 3.28. The second-order valence-corrected chi connectivity index (χ2v) is 7.48. The van der Waals surface area contributed by atoms with Crippen LogP contribution < -0.4 is 4.74 Å². The number of piperidine rings is 1. The molecule has 0 N–H and O–H groups in total. The number of carbonyl (C=O) groups excluding carboxylic acids is 1. The molecule has 2 heterocycles. The third-order valence-corrected chi connectivity index (χ3v) is 4.92. The zero-order valence-electron chi connectivity index (χ0n) is 15.4. The number of ether oxygens (including phenoxy) is 2. The molecule has 1 aliphatic rings. The van der Waals surface area contributed by atoms with Crippen LogP contribution in [0.4, 0.5) is 0 Å². The fraction of sp³-hybridized carbons (Fsp3) is 0.400. The van der Waals surface area contributed by atoms with Crippen LogP contribution in [0, 0.1) is 0 Å². The lowest BCUT2D eigenvalue weighted by Crippen LogP contribution is -2.39. The molecular weight excluding hydrogens is 410 g/mol. The molecule has 1 fully saturated rings. The lowest BCUT2D eigenvalue weighted by atomic mass is 10.1. The average molecular weight is 434 g/mol. The molecule has 1 aliphatic heterocycles. The Kier molecular flexibility index (Phi) is 7.06. The Hall–Kier alpha value is -2.12. The summed E-state index contributed by atoms with van der Waals surface area (Å²) in [5.74, 6) is 0.573. The van der Waals surface area contributed by atoms with E-state index in [4.69, 9.17) is 9.47 Å². The maximum Gasteiger partial charge on any atom is 0.331 e. The summed E-state index contributed by atoms with van der Waals surface area (Å²) in [6, 6.07) is 7.85. The van der Waals surface area contributed by atoms with Gasteiger partial charge in [0, 0.05) is 49.0 Å². The highest BCUT2D eigenvalue weighted by Gasteiger charge is 2.21. The zero-order chi connectivity index (χ0) is 19.1. The molecular formula is C20H24BrN3O3. The highest BCUT2D eigenvalue weighted by molar-refractivity contribution is 9.10. The fourth-order valence-electron chi connectivity index (χ4n) is 2.99. The van der Waals surface area contributed by atoms with Crippen molar-refractivity contribution in [1.29, 1.82) is 0 Å². The van der Waals surface area contributed by atoms with Crippen LogP contribution >= 0.6 is 15.9 Å². The van der Waals surface area contributed by atoms with Crippen molar-refractivity contribution in [3.63, 3.8) is 0 Å². The maximum absolute atomic E-state index is 12.0. The first-order valence-electron chi connectivity index (χ1n) is 9.06. The third kappa shape index (κ3) is 6.52. The van der Waals surface area contributed by atoms with Crippen molar-refractivity contribution < 1.29 is 14.3 Å². The number of aromatic nitrogens is 2. The molecule has 144 valence electrons. The van der Waals surface area contributed by atoms with Crippen LogP contribution in [0.25, 0.3) is 6.08 Å². The molecule has 0 unspecified atom stereocenters. The van der Waals surface area contributed by atoms with Gasteiger partial charge in [0.15, 0.2) is 0 Å². The summed E-state index contributed by atoms with van der Waals surface area (Å²) in [5.41, 5.74) is 0.884. The molecule has 0 radical (unpaired) electrons. The van der Waals surface area contributed by atoms with E-state index in [-0.39, 0.29) is 12.1 Å². The van der Waals surface area contributed by atoms with E-state index in [0.717, 1.165) is 48.3 Å². The molecule has 27 heavy (non-hydrogen) atoms. The van der Waals surface area contributed by atoms with Gasteiger partial charge in [-0.2, -0.15) is 5.10 Å². The van der Waals surface area contributed by atoms with E-state index >= 15 is 0 Å². The SMILES string of the molecule is Cn1cc(C=CC(=O)OC2CCN(CCOc3cccc(Br)c3)CC2)cn1. The number of rotatable bonds is 7. The molecule has 0 aliphatic carbocycles. The van der Waals surface area contributed by atoms with E-state index in [0.29, 0.717) is 6.61 Å². The van der Waals surface area contributed by atoms with Gasteiger partial charge in [0.05, 0.1) is 6.20 Å². The Morgan fingerprint density at radius 3 is 2.89 bits per heavy atom. The van der Waals surface area contributed by atoms with Crippen molar-refractivity contribution in [2.24, 2.45) is 7.05 Å². The number of nitrogens with zero attached hydrogens (tertiary/aromatic N) is 3. The van der Waals surface area contributed by atoms with Crippen LogP contribution in [0.15, 0.2) is 47.2 Å². The van der Waals surface area contributed by atoms with Gasteiger partial charge in [-0.3, -0.25) is 9.58 Å². The van der Waals surface area contributed by atoms with Gasteiger partial charge in [0.1, 0.15) is 18.5 Å². The standard InChI is InChI=1S/C20H24BrN3O3/c1-23-15-16(14-22-23)5-6-20(25)27-18-7-9-24(10-8-18)11-12-26-19-4-2-3-17(21)13-19/h2-6,13-15,18H,7-12H2,1H3. The molecule has 0 spiro atoms. The molecule has 0 amide bonds. The van der Waals surface area contributed by atoms with Crippen molar-refractivity contribution in [1.82, 2.24) is 14.7 Å². The van der Waals surface area contributed by atoms with E-state index in [1.807, 2.05) is 37.5 Å². The lowest BCUT2D eigenvalue weighted by molar-refractivity contribution is -0.145.